The van der Waals surface area contributed by atoms with E-state index in [0.29, 0.717) is 4.32 Å². The van der Waals surface area contributed by atoms with Crippen molar-refractivity contribution in [1.82, 2.24) is 4.90 Å². The Bertz CT molecular complexity index is 351. The molecule has 0 aromatic heterocycles. The van der Waals surface area contributed by atoms with Gasteiger partial charge in [0.2, 0.25) is 0 Å². The number of aliphatic hydroxyl groups excluding tert-OH is 1. The van der Waals surface area contributed by atoms with Crippen molar-refractivity contribution in [3.05, 3.63) is 0 Å². The Balaban J connectivity index is 2.59. The smallest absolute Gasteiger partial charge is 0.154 e. The molecule has 1 rings (SSSR count). The number of aliphatic hydroxyl groups is 1. The van der Waals surface area contributed by atoms with Gasteiger partial charge in [-0.2, -0.15) is 0 Å². The van der Waals surface area contributed by atoms with Gasteiger partial charge in [0.05, 0.1) is 22.9 Å². The van der Waals surface area contributed by atoms with Gasteiger partial charge in [0.15, 0.2) is 9.84 Å². The third-order valence-electron chi connectivity index (χ3n) is 2.55. The molecule has 0 saturated carbocycles. The zero-order valence-electron chi connectivity index (χ0n) is 9.42. The Labute approximate surface area is 106 Å². The normalized spacial score (nSPS) is 27.9. The van der Waals surface area contributed by atoms with Gasteiger partial charge in [-0.15, -0.1) is 0 Å². The Morgan fingerprint density at radius 3 is 2.38 bits per heavy atom. The van der Waals surface area contributed by atoms with Crippen LogP contribution in [-0.4, -0.2) is 58.7 Å². The van der Waals surface area contributed by atoms with Gasteiger partial charge in [-0.05, 0) is 13.8 Å². The minimum absolute atomic E-state index is 0.0280. The van der Waals surface area contributed by atoms with Gasteiger partial charge in [-0.1, -0.05) is 24.0 Å². The molecule has 0 bridgehead atoms. The van der Waals surface area contributed by atoms with Gasteiger partial charge in [-0.3, -0.25) is 0 Å². The van der Waals surface area contributed by atoms with Gasteiger partial charge in [0.25, 0.3) is 0 Å². The van der Waals surface area contributed by atoms with Crippen LogP contribution < -0.4 is 0 Å². The standard InChI is InChI=1S/C9H17NO3S3/c1-3-10(4-2)9(14)15-8-6-16(12,13)5-7(8)11/h7-8,11H,3-6H2,1-2H3/t7-,8?/m1/s1. The maximum atomic E-state index is 11.3. The molecule has 1 fully saturated rings. The van der Waals surface area contributed by atoms with E-state index in [-0.39, 0.29) is 16.8 Å². The fraction of sp³-hybridized carbons (Fsp3) is 0.889. The summed E-state index contributed by atoms with van der Waals surface area (Å²) >= 11 is 6.52. The lowest BCUT2D eigenvalue weighted by molar-refractivity contribution is 0.208. The van der Waals surface area contributed by atoms with Crippen LogP contribution in [0.3, 0.4) is 0 Å². The van der Waals surface area contributed by atoms with Crippen LogP contribution in [-0.2, 0) is 9.84 Å². The minimum atomic E-state index is -3.08. The van der Waals surface area contributed by atoms with Crippen LogP contribution in [0.2, 0.25) is 0 Å². The molecule has 16 heavy (non-hydrogen) atoms. The van der Waals surface area contributed by atoms with E-state index < -0.39 is 15.9 Å². The van der Waals surface area contributed by atoms with Crippen LogP contribution >= 0.6 is 24.0 Å². The first-order chi connectivity index (χ1) is 7.39. The van der Waals surface area contributed by atoms with Crippen LogP contribution in [0.5, 0.6) is 0 Å². The third kappa shape index (κ3) is 3.58. The predicted octanol–water partition coefficient (Wildman–Crippen LogP) is 0.504. The second-order valence-electron chi connectivity index (χ2n) is 3.74. The molecule has 1 N–H and O–H groups in total. The molecule has 0 amide bonds. The molecular formula is C9H17NO3S3. The topological polar surface area (TPSA) is 57.6 Å². The van der Waals surface area contributed by atoms with E-state index in [2.05, 4.69) is 0 Å². The largest absolute Gasteiger partial charge is 0.391 e. The Morgan fingerprint density at radius 1 is 1.44 bits per heavy atom. The van der Waals surface area contributed by atoms with Gasteiger partial charge in [-0.25, -0.2) is 8.42 Å². The first-order valence-corrected chi connectivity index (χ1v) is 8.34. The second-order valence-corrected chi connectivity index (χ2v) is 7.77. The molecule has 2 atom stereocenters. The van der Waals surface area contributed by atoms with E-state index >= 15 is 0 Å². The summed E-state index contributed by atoms with van der Waals surface area (Å²) in [5, 5.41) is 9.32. The maximum absolute atomic E-state index is 11.3. The average molecular weight is 283 g/mol. The summed E-state index contributed by atoms with van der Waals surface area (Å²) in [6.07, 6.45) is -0.788. The highest BCUT2D eigenvalue weighted by atomic mass is 32.2. The first-order valence-electron chi connectivity index (χ1n) is 5.23. The van der Waals surface area contributed by atoms with Crippen molar-refractivity contribution in [2.75, 3.05) is 24.6 Å². The van der Waals surface area contributed by atoms with Gasteiger partial charge in [0.1, 0.15) is 4.32 Å². The van der Waals surface area contributed by atoms with Crippen LogP contribution in [0.4, 0.5) is 0 Å². The second kappa shape index (κ2) is 5.66. The highest BCUT2D eigenvalue weighted by molar-refractivity contribution is 8.23. The van der Waals surface area contributed by atoms with E-state index in [1.807, 2.05) is 18.7 Å². The number of thioether (sulfide) groups is 1. The van der Waals surface area contributed by atoms with Crippen LogP contribution in [0.1, 0.15) is 13.8 Å². The van der Waals surface area contributed by atoms with Gasteiger partial charge < -0.3 is 10.0 Å². The number of nitrogens with zero attached hydrogens (tertiary/aromatic N) is 1. The summed E-state index contributed by atoms with van der Waals surface area (Å²) in [7, 11) is -3.08. The molecule has 1 saturated heterocycles. The summed E-state index contributed by atoms with van der Waals surface area (Å²) in [5.41, 5.74) is 0. The molecule has 0 aromatic rings. The quantitative estimate of drug-likeness (QED) is 0.762. The number of thiocarbonyl (C=S) groups is 1. The van der Waals surface area contributed by atoms with E-state index in [4.69, 9.17) is 12.2 Å². The van der Waals surface area contributed by atoms with E-state index in [1.54, 1.807) is 0 Å². The molecule has 1 unspecified atom stereocenters. The molecule has 0 aliphatic carbocycles. The summed E-state index contributed by atoms with van der Waals surface area (Å²) < 4.78 is 23.3. The summed E-state index contributed by atoms with van der Waals surface area (Å²) in [6.45, 7) is 5.60. The molecule has 0 radical (unpaired) electrons. The Hall–Kier alpha value is 0.150. The van der Waals surface area contributed by atoms with E-state index in [0.717, 1.165) is 13.1 Å². The molecule has 1 aliphatic rings. The fourth-order valence-electron chi connectivity index (χ4n) is 1.60. The number of rotatable bonds is 3. The molecule has 1 aliphatic heterocycles. The highest BCUT2D eigenvalue weighted by Gasteiger charge is 2.37. The van der Waals surface area contributed by atoms with Crippen molar-refractivity contribution in [2.24, 2.45) is 0 Å². The van der Waals surface area contributed by atoms with Crippen LogP contribution in [0.15, 0.2) is 0 Å². The lowest BCUT2D eigenvalue weighted by Gasteiger charge is -2.23. The predicted molar refractivity (Wildman–Crippen MR) is 71.6 cm³/mol. The number of hydrogen-bond acceptors (Lipinski definition) is 5. The van der Waals surface area contributed by atoms with Crippen molar-refractivity contribution in [2.45, 2.75) is 25.2 Å². The molecule has 1 heterocycles. The van der Waals surface area contributed by atoms with Crippen molar-refractivity contribution in [3.63, 3.8) is 0 Å². The van der Waals surface area contributed by atoms with Crippen molar-refractivity contribution in [1.29, 1.82) is 0 Å². The summed E-state index contributed by atoms with van der Waals surface area (Å²) in [5.74, 6) is -0.105. The van der Waals surface area contributed by atoms with Crippen molar-refractivity contribution >= 4 is 38.1 Å². The molecular weight excluding hydrogens is 266 g/mol. The van der Waals surface area contributed by atoms with Crippen molar-refractivity contribution < 1.29 is 13.5 Å². The van der Waals surface area contributed by atoms with Crippen molar-refractivity contribution in [3.8, 4) is 0 Å². The zero-order valence-corrected chi connectivity index (χ0v) is 11.9. The van der Waals surface area contributed by atoms with Gasteiger partial charge >= 0.3 is 0 Å². The molecule has 94 valence electrons. The summed E-state index contributed by atoms with van der Waals surface area (Å²) in [6, 6.07) is 0. The molecule has 7 heteroatoms. The SMILES string of the molecule is CCN(CC)C(=S)SC1CS(=O)(=O)C[C@H]1O. The van der Waals surface area contributed by atoms with E-state index in [1.165, 1.54) is 11.8 Å². The van der Waals surface area contributed by atoms with Crippen LogP contribution in [0, 0.1) is 0 Å². The minimum Gasteiger partial charge on any atom is -0.391 e. The Kier molecular flexibility index (Phi) is 5.03. The Morgan fingerprint density at radius 2 is 2.00 bits per heavy atom. The highest BCUT2D eigenvalue weighted by Crippen LogP contribution is 2.27. The number of hydrogen-bond donors (Lipinski definition) is 1. The third-order valence-corrected chi connectivity index (χ3v) is 6.26. The molecule has 4 nitrogen and oxygen atoms in total. The monoisotopic (exact) mass is 283 g/mol. The lowest BCUT2D eigenvalue weighted by atomic mass is 10.3. The average Bonchev–Trinajstić information content (AvgIpc) is 2.41. The van der Waals surface area contributed by atoms with Gasteiger partial charge in [0, 0.05) is 13.1 Å². The van der Waals surface area contributed by atoms with E-state index in [9.17, 15) is 13.5 Å². The zero-order chi connectivity index (χ0) is 12.3. The van der Waals surface area contributed by atoms with Crippen LogP contribution in [0.25, 0.3) is 0 Å². The summed E-state index contributed by atoms with van der Waals surface area (Å²) in [4.78, 5) is 1.98. The molecule has 0 aromatic carbocycles. The maximum Gasteiger partial charge on any atom is 0.154 e. The first kappa shape index (κ1) is 14.2. The fourth-order valence-corrected chi connectivity index (χ4v) is 5.77. The molecule has 0 spiro atoms. The number of sulfone groups is 1. The lowest BCUT2D eigenvalue weighted by Crippen LogP contribution is -2.31.